The van der Waals surface area contributed by atoms with Crippen LogP contribution in [-0.2, 0) is 29.6 Å². The van der Waals surface area contributed by atoms with E-state index in [1.165, 1.54) is 18.2 Å². The lowest BCUT2D eigenvalue weighted by Gasteiger charge is -2.12. The monoisotopic (exact) mass is 464 g/mol. The fourth-order valence-electron chi connectivity index (χ4n) is 2.84. The molecule has 1 heterocycles. The highest BCUT2D eigenvalue weighted by Crippen LogP contribution is 2.29. The number of nitrogens with zero attached hydrogens (tertiary/aromatic N) is 1. The van der Waals surface area contributed by atoms with Crippen molar-refractivity contribution in [1.29, 1.82) is 0 Å². The maximum atomic E-state index is 13.0. The number of rotatable bonds is 5. The largest absolute Gasteiger partial charge is 0.462 e. The topological polar surface area (TPSA) is 157 Å². The first-order valence-corrected chi connectivity index (χ1v) is 12.0. The smallest absolute Gasteiger partial charge is 0.343 e. The number of carbonyl (C=O) groups is 1. The number of ether oxygens (including phenoxy) is 1. The van der Waals surface area contributed by atoms with Crippen LogP contribution in [-0.4, -0.2) is 35.2 Å². The minimum Gasteiger partial charge on any atom is -0.462 e. The van der Waals surface area contributed by atoms with Gasteiger partial charge in [-0.25, -0.2) is 18.4 Å². The summed E-state index contributed by atoms with van der Waals surface area (Å²) in [5.74, 6) is -1.05. The van der Waals surface area contributed by atoms with E-state index in [0.717, 1.165) is 6.07 Å². The minimum atomic E-state index is -4.43. The summed E-state index contributed by atoms with van der Waals surface area (Å²) in [5.41, 5.74) is 1.29. The molecule has 0 amide bonds. The van der Waals surface area contributed by atoms with E-state index in [1.54, 1.807) is 38.1 Å². The maximum absolute atomic E-state index is 13.0. The van der Waals surface area contributed by atoms with E-state index in [2.05, 4.69) is 15.0 Å². The second-order valence-electron chi connectivity index (χ2n) is 6.45. The Labute approximate surface area is 179 Å². The summed E-state index contributed by atoms with van der Waals surface area (Å²) in [7, 11) is -8.56. The lowest BCUT2D eigenvalue weighted by Crippen LogP contribution is -2.25. The highest BCUT2D eigenvalue weighted by atomic mass is 32.2. The number of para-hydroxylation sites is 2. The van der Waals surface area contributed by atoms with Gasteiger partial charge in [0.15, 0.2) is 5.84 Å². The first-order valence-electron chi connectivity index (χ1n) is 9.02. The van der Waals surface area contributed by atoms with Crippen molar-refractivity contribution in [3.63, 3.8) is 0 Å². The van der Waals surface area contributed by atoms with E-state index in [0.29, 0.717) is 17.1 Å². The number of sulfonamides is 2. The van der Waals surface area contributed by atoms with Crippen molar-refractivity contribution in [2.24, 2.45) is 9.54 Å². The van der Waals surface area contributed by atoms with E-state index >= 15 is 0 Å². The van der Waals surface area contributed by atoms with Gasteiger partial charge >= 0.3 is 5.97 Å². The Balaban J connectivity index is 2.18. The van der Waals surface area contributed by atoms with Crippen LogP contribution in [0.3, 0.4) is 0 Å². The quantitative estimate of drug-likeness (QED) is 0.565. The molecule has 2 aromatic carbocycles. The molecule has 1 aliphatic rings. The molecule has 1 aliphatic heterocycles. The van der Waals surface area contributed by atoms with Gasteiger partial charge in [0, 0.05) is 5.70 Å². The molecule has 0 saturated heterocycles. The van der Waals surface area contributed by atoms with Crippen LogP contribution in [0, 0.1) is 0 Å². The summed E-state index contributed by atoms with van der Waals surface area (Å²) in [6.45, 7) is 3.27. The van der Waals surface area contributed by atoms with Gasteiger partial charge < -0.3 is 15.4 Å². The van der Waals surface area contributed by atoms with Crippen LogP contribution in [0.1, 0.15) is 13.8 Å². The minimum absolute atomic E-state index is 0.0684. The van der Waals surface area contributed by atoms with Crippen molar-refractivity contribution >= 4 is 43.2 Å². The van der Waals surface area contributed by atoms with Crippen LogP contribution < -0.4 is 15.8 Å². The number of primary sulfonamides is 1. The lowest BCUT2D eigenvalue weighted by molar-refractivity contribution is -0.137. The maximum Gasteiger partial charge on any atom is 0.343 e. The van der Waals surface area contributed by atoms with Crippen LogP contribution in [0.4, 0.5) is 11.4 Å². The van der Waals surface area contributed by atoms with Crippen molar-refractivity contribution in [2.45, 2.75) is 23.6 Å². The number of nitrogens with one attached hydrogen (secondary N) is 2. The van der Waals surface area contributed by atoms with Gasteiger partial charge in [-0.3, -0.25) is 0 Å². The summed E-state index contributed by atoms with van der Waals surface area (Å²) in [5, 5.41) is 11.0. The first kappa shape index (κ1) is 22.5. The number of carbonyl (C=O) groups excluding carboxylic acids is 1. The molecule has 164 valence electrons. The second-order valence-corrected chi connectivity index (χ2v) is 9.62. The fourth-order valence-corrected chi connectivity index (χ4v) is 4.48. The third kappa shape index (κ3) is 4.93. The van der Waals surface area contributed by atoms with E-state index in [4.69, 9.17) is 9.88 Å². The molecule has 0 fully saturated rings. The van der Waals surface area contributed by atoms with Gasteiger partial charge in [0.25, 0.3) is 10.0 Å². The standard InChI is InChI=1S/C19H20N4O6S2/c1-3-29-19(24)17-12(2)21-15-9-4-5-10-16(15)22-18(17)23-31(27,28)14-8-6-7-13(11-14)30(20,25)26/h4-11,21H,3H2,1-2H3,(H,22,23)(H2,20,25,26). The Morgan fingerprint density at radius 2 is 1.61 bits per heavy atom. The predicted molar refractivity (Wildman–Crippen MR) is 115 cm³/mol. The van der Waals surface area contributed by atoms with E-state index < -0.39 is 30.9 Å². The van der Waals surface area contributed by atoms with Crippen LogP contribution >= 0.6 is 0 Å². The Morgan fingerprint density at radius 3 is 2.23 bits per heavy atom. The summed E-state index contributed by atoms with van der Waals surface area (Å²) < 4.78 is 58.0. The number of benzene rings is 2. The first-order chi connectivity index (χ1) is 14.5. The summed E-state index contributed by atoms with van der Waals surface area (Å²) in [4.78, 5) is 11.8. The number of hydrogen-bond acceptors (Lipinski definition) is 7. The zero-order valence-corrected chi connectivity index (χ0v) is 18.2. The molecular weight excluding hydrogens is 444 g/mol. The lowest BCUT2D eigenvalue weighted by atomic mass is 10.2. The number of fused-ring (bicyclic) bond motifs is 1. The molecule has 4 N–H and O–H groups in total. The average molecular weight is 465 g/mol. The molecule has 0 unspecified atom stereocenters. The van der Waals surface area contributed by atoms with Gasteiger partial charge in [0.2, 0.25) is 10.0 Å². The van der Waals surface area contributed by atoms with Crippen molar-refractivity contribution in [3.05, 3.63) is 59.8 Å². The number of hydrogen-bond donors (Lipinski definition) is 3. The SMILES string of the molecule is CCOC(=O)C1=C(C)Nc2ccccc2N/C1=N/S(=O)(=O)c1cccc(S(N)(=O)=O)c1. The van der Waals surface area contributed by atoms with Crippen molar-refractivity contribution in [2.75, 3.05) is 17.2 Å². The van der Waals surface area contributed by atoms with Crippen LogP contribution in [0.5, 0.6) is 0 Å². The van der Waals surface area contributed by atoms with E-state index in [-0.39, 0.29) is 22.9 Å². The summed E-state index contributed by atoms with van der Waals surface area (Å²) in [6.07, 6.45) is 0. The van der Waals surface area contributed by atoms with Gasteiger partial charge in [-0.1, -0.05) is 18.2 Å². The molecule has 12 heteroatoms. The molecule has 2 aromatic rings. The van der Waals surface area contributed by atoms with Crippen LogP contribution in [0.2, 0.25) is 0 Å². The number of amidine groups is 1. The number of nitrogens with two attached hydrogens (primary N) is 1. The third-order valence-electron chi connectivity index (χ3n) is 4.24. The second kappa shape index (κ2) is 8.49. The Morgan fingerprint density at radius 1 is 1.00 bits per heavy atom. The molecule has 10 nitrogen and oxygen atoms in total. The third-order valence-corrected chi connectivity index (χ3v) is 6.42. The zero-order valence-electron chi connectivity index (χ0n) is 16.6. The summed E-state index contributed by atoms with van der Waals surface area (Å²) >= 11 is 0. The molecule has 31 heavy (non-hydrogen) atoms. The normalized spacial score (nSPS) is 15.5. The van der Waals surface area contributed by atoms with E-state index in [1.807, 2.05) is 0 Å². The van der Waals surface area contributed by atoms with Crippen molar-refractivity contribution in [1.82, 2.24) is 0 Å². The molecular formula is C19H20N4O6S2. The average Bonchev–Trinajstić information content (AvgIpc) is 2.82. The van der Waals surface area contributed by atoms with Crippen molar-refractivity contribution < 1.29 is 26.4 Å². The highest BCUT2D eigenvalue weighted by Gasteiger charge is 2.28. The molecule has 0 aromatic heterocycles. The number of esters is 1. The molecule has 0 radical (unpaired) electrons. The van der Waals surface area contributed by atoms with Gasteiger partial charge in [-0.15, -0.1) is 4.40 Å². The van der Waals surface area contributed by atoms with Gasteiger partial charge in [0.05, 0.1) is 27.8 Å². The Bertz CT molecular complexity index is 1310. The highest BCUT2D eigenvalue weighted by molar-refractivity contribution is 7.90. The van der Waals surface area contributed by atoms with Crippen LogP contribution in [0.15, 0.2) is 74.0 Å². The van der Waals surface area contributed by atoms with Crippen molar-refractivity contribution in [3.8, 4) is 0 Å². The van der Waals surface area contributed by atoms with Gasteiger partial charge in [-0.05, 0) is 44.2 Å². The molecule has 3 rings (SSSR count). The molecule has 0 aliphatic carbocycles. The summed E-state index contributed by atoms with van der Waals surface area (Å²) in [6, 6.07) is 11.4. The van der Waals surface area contributed by atoms with E-state index in [9.17, 15) is 21.6 Å². The van der Waals surface area contributed by atoms with Gasteiger partial charge in [-0.2, -0.15) is 8.42 Å². The number of anilines is 2. The zero-order chi connectivity index (χ0) is 22.8. The van der Waals surface area contributed by atoms with Crippen LogP contribution in [0.25, 0.3) is 0 Å². The number of allylic oxidation sites excluding steroid dienone is 1. The molecule has 0 saturated carbocycles. The Hall–Kier alpha value is -3.22. The molecule has 0 bridgehead atoms. The Kier molecular flexibility index (Phi) is 6.15. The molecule has 0 atom stereocenters. The van der Waals surface area contributed by atoms with Gasteiger partial charge in [0.1, 0.15) is 5.57 Å². The predicted octanol–water partition coefficient (Wildman–Crippen LogP) is 1.80. The molecule has 0 spiro atoms. The fraction of sp³-hybridized carbons (Fsp3) is 0.158.